The molecule has 1 N–H and O–H groups in total. The second-order valence-corrected chi connectivity index (χ2v) is 9.24. The van der Waals surface area contributed by atoms with E-state index in [0.717, 1.165) is 17.7 Å². The first-order valence-corrected chi connectivity index (χ1v) is 12.8. The number of nitrogens with one attached hydrogen (secondary N) is 1. The molecule has 2 aliphatic rings. The second kappa shape index (κ2) is 12.0. The van der Waals surface area contributed by atoms with Crippen LogP contribution in [0.5, 0.6) is 0 Å². The van der Waals surface area contributed by atoms with Crippen LogP contribution >= 0.6 is 0 Å². The molecule has 0 aromatic heterocycles. The quantitative estimate of drug-likeness (QED) is 0.612. The van der Waals surface area contributed by atoms with Gasteiger partial charge in [-0.1, -0.05) is 30.3 Å². The standard InChI is InChI=1S/C28H35N5O3/c1-3-31(4-2)28(35)26(21-8-6-5-7-9-21)33-15-13-32(14-16-33)25-11-10-24(18-23(25)19-29)30-27(34)22-12-17-36-20-22/h5-11,18,22,26H,3-4,12-17,20H2,1-2H3,(H,30,34)/t22?,26-/m0/s1. The Labute approximate surface area is 213 Å². The van der Waals surface area contributed by atoms with Gasteiger partial charge < -0.3 is 19.9 Å². The number of rotatable bonds is 8. The van der Waals surface area contributed by atoms with Gasteiger partial charge in [0.25, 0.3) is 0 Å². The van der Waals surface area contributed by atoms with Gasteiger partial charge in [0, 0.05) is 51.6 Å². The summed E-state index contributed by atoms with van der Waals surface area (Å²) in [7, 11) is 0. The molecular formula is C28H35N5O3. The van der Waals surface area contributed by atoms with Crippen LogP contribution in [-0.4, -0.2) is 74.1 Å². The van der Waals surface area contributed by atoms with Crippen LogP contribution in [0.4, 0.5) is 11.4 Å². The minimum absolute atomic E-state index is 0.0671. The number of hydrogen-bond acceptors (Lipinski definition) is 6. The topological polar surface area (TPSA) is 88.9 Å². The largest absolute Gasteiger partial charge is 0.381 e. The fourth-order valence-corrected chi connectivity index (χ4v) is 5.04. The molecule has 0 bridgehead atoms. The van der Waals surface area contributed by atoms with Crippen molar-refractivity contribution in [2.24, 2.45) is 5.92 Å². The molecule has 0 spiro atoms. The monoisotopic (exact) mass is 489 g/mol. The van der Waals surface area contributed by atoms with Crippen LogP contribution in [0.3, 0.4) is 0 Å². The summed E-state index contributed by atoms with van der Waals surface area (Å²) < 4.78 is 5.31. The Kier molecular flexibility index (Phi) is 8.57. The van der Waals surface area contributed by atoms with E-state index in [1.165, 1.54) is 0 Å². The third kappa shape index (κ3) is 5.69. The lowest BCUT2D eigenvalue weighted by atomic mass is 10.0. The summed E-state index contributed by atoms with van der Waals surface area (Å²) in [5, 5.41) is 12.8. The van der Waals surface area contributed by atoms with Crippen molar-refractivity contribution in [2.75, 3.05) is 62.7 Å². The Balaban J connectivity index is 1.46. The average Bonchev–Trinajstić information content (AvgIpc) is 3.46. The van der Waals surface area contributed by atoms with Crippen molar-refractivity contribution in [3.8, 4) is 6.07 Å². The summed E-state index contributed by atoms with van der Waals surface area (Å²) in [6.45, 7) is 9.26. The lowest BCUT2D eigenvalue weighted by molar-refractivity contribution is -0.137. The molecule has 0 saturated carbocycles. The number of anilines is 2. The smallest absolute Gasteiger partial charge is 0.244 e. The van der Waals surface area contributed by atoms with E-state index in [1.54, 1.807) is 6.07 Å². The highest BCUT2D eigenvalue weighted by molar-refractivity contribution is 5.93. The molecule has 4 rings (SSSR count). The Morgan fingerprint density at radius 1 is 1.11 bits per heavy atom. The Bertz CT molecular complexity index is 1080. The number of benzene rings is 2. The molecule has 190 valence electrons. The molecule has 0 aliphatic carbocycles. The molecule has 2 heterocycles. The lowest BCUT2D eigenvalue weighted by Crippen LogP contribution is -2.51. The molecule has 8 nitrogen and oxygen atoms in total. The summed E-state index contributed by atoms with van der Waals surface area (Å²) in [6.07, 6.45) is 0.722. The zero-order chi connectivity index (χ0) is 25.5. The third-order valence-electron chi connectivity index (χ3n) is 7.13. The maximum atomic E-state index is 13.5. The molecule has 2 aliphatic heterocycles. The lowest BCUT2D eigenvalue weighted by Gasteiger charge is -2.41. The normalized spacial score (nSPS) is 18.9. The minimum Gasteiger partial charge on any atom is -0.381 e. The molecule has 2 amide bonds. The van der Waals surface area contributed by atoms with Crippen molar-refractivity contribution in [1.29, 1.82) is 5.26 Å². The number of nitrogens with zero attached hydrogens (tertiary/aromatic N) is 4. The molecule has 2 aromatic carbocycles. The van der Waals surface area contributed by atoms with E-state index in [2.05, 4.69) is 21.2 Å². The SMILES string of the molecule is CCN(CC)C(=O)[C@H](c1ccccc1)N1CCN(c2ccc(NC(=O)C3CCOC3)cc2C#N)CC1. The van der Waals surface area contributed by atoms with Gasteiger partial charge >= 0.3 is 0 Å². The fourth-order valence-electron chi connectivity index (χ4n) is 5.04. The highest BCUT2D eigenvalue weighted by Gasteiger charge is 2.33. The van der Waals surface area contributed by atoms with Gasteiger partial charge in [0.05, 0.1) is 23.8 Å². The Hall–Kier alpha value is -3.41. The number of likely N-dealkylation sites (N-methyl/N-ethyl adjacent to an activating group) is 1. The van der Waals surface area contributed by atoms with Gasteiger partial charge in [-0.15, -0.1) is 0 Å². The van der Waals surface area contributed by atoms with Crippen molar-refractivity contribution in [1.82, 2.24) is 9.80 Å². The number of carbonyl (C=O) groups is 2. The molecule has 8 heteroatoms. The highest BCUT2D eigenvalue weighted by Crippen LogP contribution is 2.29. The molecular weight excluding hydrogens is 454 g/mol. The number of carbonyl (C=O) groups excluding carboxylic acids is 2. The van der Waals surface area contributed by atoms with Gasteiger partial charge in [0.1, 0.15) is 12.1 Å². The first kappa shape index (κ1) is 25.7. The summed E-state index contributed by atoms with van der Waals surface area (Å²) >= 11 is 0. The summed E-state index contributed by atoms with van der Waals surface area (Å²) in [4.78, 5) is 32.2. The van der Waals surface area contributed by atoms with Gasteiger partial charge in [-0.2, -0.15) is 5.26 Å². The molecule has 2 aromatic rings. The maximum Gasteiger partial charge on any atom is 0.244 e. The van der Waals surface area contributed by atoms with Crippen molar-refractivity contribution >= 4 is 23.2 Å². The van der Waals surface area contributed by atoms with Crippen LogP contribution in [0.2, 0.25) is 0 Å². The van der Waals surface area contributed by atoms with E-state index in [9.17, 15) is 14.9 Å². The first-order chi connectivity index (χ1) is 17.5. The van der Waals surface area contributed by atoms with Gasteiger partial charge in [0.15, 0.2) is 0 Å². The number of ether oxygens (including phenoxy) is 1. The highest BCUT2D eigenvalue weighted by atomic mass is 16.5. The van der Waals surface area contributed by atoms with E-state index < -0.39 is 0 Å². The Morgan fingerprint density at radius 3 is 2.44 bits per heavy atom. The number of nitriles is 1. The third-order valence-corrected chi connectivity index (χ3v) is 7.13. The summed E-state index contributed by atoms with van der Waals surface area (Å²) in [6, 6.07) is 17.5. The molecule has 0 radical (unpaired) electrons. The Morgan fingerprint density at radius 2 is 1.83 bits per heavy atom. The fraction of sp³-hybridized carbons (Fsp3) is 0.464. The maximum absolute atomic E-state index is 13.5. The number of amides is 2. The summed E-state index contributed by atoms with van der Waals surface area (Å²) in [5.41, 5.74) is 3.02. The predicted octanol–water partition coefficient (Wildman–Crippen LogP) is 3.26. The second-order valence-electron chi connectivity index (χ2n) is 9.24. The van der Waals surface area contributed by atoms with Gasteiger partial charge in [-0.3, -0.25) is 14.5 Å². The van der Waals surface area contributed by atoms with Gasteiger partial charge in [-0.25, -0.2) is 0 Å². The van der Waals surface area contributed by atoms with E-state index in [-0.39, 0.29) is 23.8 Å². The average molecular weight is 490 g/mol. The van der Waals surface area contributed by atoms with Gasteiger partial charge in [0.2, 0.25) is 11.8 Å². The van der Waals surface area contributed by atoms with E-state index >= 15 is 0 Å². The van der Waals surface area contributed by atoms with Crippen LogP contribution in [-0.2, 0) is 14.3 Å². The molecule has 36 heavy (non-hydrogen) atoms. The first-order valence-electron chi connectivity index (χ1n) is 12.8. The van der Waals surface area contributed by atoms with Gasteiger partial charge in [-0.05, 0) is 44.0 Å². The number of piperazine rings is 1. The minimum atomic E-state index is -0.319. The summed E-state index contributed by atoms with van der Waals surface area (Å²) in [5.74, 6) is -0.0763. The van der Waals surface area contributed by atoms with Crippen LogP contribution in [0.15, 0.2) is 48.5 Å². The van der Waals surface area contributed by atoms with Crippen molar-refractivity contribution in [3.63, 3.8) is 0 Å². The van der Waals surface area contributed by atoms with E-state index in [4.69, 9.17) is 4.74 Å². The molecule has 1 unspecified atom stereocenters. The van der Waals surface area contributed by atoms with Crippen molar-refractivity contribution < 1.29 is 14.3 Å². The van der Waals surface area contributed by atoms with Crippen LogP contribution in [0.1, 0.15) is 37.4 Å². The number of hydrogen-bond donors (Lipinski definition) is 1. The van der Waals surface area contributed by atoms with Crippen LogP contribution in [0.25, 0.3) is 0 Å². The molecule has 2 fully saturated rings. The van der Waals surface area contributed by atoms with Crippen LogP contribution < -0.4 is 10.2 Å². The molecule has 2 saturated heterocycles. The van der Waals surface area contributed by atoms with E-state index in [1.807, 2.05) is 61.2 Å². The zero-order valence-electron chi connectivity index (χ0n) is 21.2. The van der Waals surface area contributed by atoms with Crippen molar-refractivity contribution in [3.05, 3.63) is 59.7 Å². The van der Waals surface area contributed by atoms with E-state index in [0.29, 0.717) is 63.7 Å². The zero-order valence-corrected chi connectivity index (χ0v) is 21.2. The van der Waals surface area contributed by atoms with Crippen LogP contribution in [0, 0.1) is 17.2 Å². The van der Waals surface area contributed by atoms with Crippen molar-refractivity contribution in [2.45, 2.75) is 26.3 Å². The predicted molar refractivity (Wildman–Crippen MR) is 140 cm³/mol. The molecule has 2 atom stereocenters.